The lowest BCUT2D eigenvalue weighted by molar-refractivity contribution is -0.129. The van der Waals surface area contributed by atoms with E-state index < -0.39 is 6.04 Å². The Balaban J connectivity index is 2.22. The fraction of sp³-hybridized carbons (Fsp3) is 0.462. The number of rotatable bonds is 12. The summed E-state index contributed by atoms with van der Waals surface area (Å²) in [6.07, 6.45) is 0.377. The average molecular weight is 440 g/mol. The molecule has 2 amide bonds. The molecule has 0 heterocycles. The first kappa shape index (κ1) is 25.4. The Bertz CT molecular complexity index is 850. The predicted octanol–water partition coefficient (Wildman–Crippen LogP) is 4.10. The molecule has 174 valence electrons. The number of nitrogens with one attached hydrogen (secondary N) is 2. The second-order valence-electron chi connectivity index (χ2n) is 8.27. The number of benzene rings is 2. The van der Waals surface area contributed by atoms with Gasteiger partial charge in [0.1, 0.15) is 11.8 Å². The Kier molecular flexibility index (Phi) is 10.2. The number of carbonyl (C=O) groups excluding carboxylic acids is 2. The molecule has 32 heavy (non-hydrogen) atoms. The minimum Gasteiger partial charge on any atom is -0.497 e. The summed E-state index contributed by atoms with van der Waals surface area (Å²) < 4.78 is 5.40. The Morgan fingerprint density at radius 1 is 0.969 bits per heavy atom. The molecule has 6 heteroatoms. The standard InChI is InChI=1S/C26H37N3O3/c1-6-29(7-2)23(21-14-11-15-22(17-21)32-5)18-27-26(31)25(20-12-9-8-10-13-20)28-24(30)16-19(3)4/h8-15,17,19,23,25H,6-7,16,18H2,1-5H3,(H,27,31)(H,28,30). The SMILES string of the molecule is CCN(CC)C(CNC(=O)C(NC(=O)CC(C)C)c1ccccc1)c1cccc(OC)c1. The maximum absolute atomic E-state index is 13.3. The molecule has 0 aliphatic carbocycles. The summed E-state index contributed by atoms with van der Waals surface area (Å²) in [4.78, 5) is 28.0. The van der Waals surface area contributed by atoms with E-state index >= 15 is 0 Å². The highest BCUT2D eigenvalue weighted by molar-refractivity contribution is 5.88. The molecule has 0 aliphatic heterocycles. The van der Waals surface area contributed by atoms with Gasteiger partial charge < -0.3 is 15.4 Å². The van der Waals surface area contributed by atoms with Crippen LogP contribution in [0.3, 0.4) is 0 Å². The van der Waals surface area contributed by atoms with Crippen molar-refractivity contribution in [3.8, 4) is 5.75 Å². The number of amides is 2. The maximum atomic E-state index is 13.3. The highest BCUT2D eigenvalue weighted by Crippen LogP contribution is 2.24. The zero-order valence-electron chi connectivity index (χ0n) is 19.9. The average Bonchev–Trinajstić information content (AvgIpc) is 2.80. The van der Waals surface area contributed by atoms with Crippen molar-refractivity contribution in [3.05, 3.63) is 65.7 Å². The van der Waals surface area contributed by atoms with Crippen LogP contribution in [0.2, 0.25) is 0 Å². The molecule has 2 N–H and O–H groups in total. The molecule has 0 saturated carbocycles. The number of nitrogens with zero attached hydrogens (tertiary/aromatic N) is 1. The van der Waals surface area contributed by atoms with Crippen molar-refractivity contribution in [2.75, 3.05) is 26.7 Å². The molecule has 2 atom stereocenters. The van der Waals surface area contributed by atoms with Crippen LogP contribution in [-0.4, -0.2) is 43.5 Å². The normalized spacial score (nSPS) is 13.0. The lowest BCUT2D eigenvalue weighted by Crippen LogP contribution is -2.44. The molecule has 0 radical (unpaired) electrons. The van der Waals surface area contributed by atoms with Gasteiger partial charge in [-0.1, -0.05) is 70.2 Å². The Hall–Kier alpha value is -2.86. The van der Waals surface area contributed by atoms with Crippen molar-refractivity contribution in [2.24, 2.45) is 5.92 Å². The Morgan fingerprint density at radius 3 is 2.22 bits per heavy atom. The first-order valence-electron chi connectivity index (χ1n) is 11.4. The number of ether oxygens (including phenoxy) is 1. The zero-order valence-corrected chi connectivity index (χ0v) is 19.9. The van der Waals surface area contributed by atoms with E-state index in [-0.39, 0.29) is 23.8 Å². The van der Waals surface area contributed by atoms with Crippen LogP contribution in [0.1, 0.15) is 57.3 Å². The number of methoxy groups -OCH3 is 1. The molecule has 0 aliphatic rings. The fourth-order valence-electron chi connectivity index (χ4n) is 3.81. The van der Waals surface area contributed by atoms with Gasteiger partial charge in [0.25, 0.3) is 0 Å². The monoisotopic (exact) mass is 439 g/mol. The van der Waals surface area contributed by atoms with Crippen molar-refractivity contribution >= 4 is 11.8 Å². The molecular formula is C26H37N3O3. The lowest BCUT2D eigenvalue weighted by atomic mass is 10.0. The smallest absolute Gasteiger partial charge is 0.247 e. The van der Waals surface area contributed by atoms with E-state index in [1.807, 2.05) is 62.4 Å². The Morgan fingerprint density at radius 2 is 1.62 bits per heavy atom. The summed E-state index contributed by atoms with van der Waals surface area (Å²) >= 11 is 0. The number of likely N-dealkylation sites (N-methyl/N-ethyl adjacent to an activating group) is 1. The van der Waals surface area contributed by atoms with Gasteiger partial charge in [-0.05, 0) is 42.3 Å². The molecule has 2 rings (SSSR count). The van der Waals surface area contributed by atoms with Gasteiger partial charge in [0.2, 0.25) is 11.8 Å². The van der Waals surface area contributed by atoms with Crippen LogP contribution in [0.25, 0.3) is 0 Å². The molecule has 0 fully saturated rings. The lowest BCUT2D eigenvalue weighted by Gasteiger charge is -2.31. The molecule has 0 aromatic heterocycles. The van der Waals surface area contributed by atoms with Crippen LogP contribution in [0, 0.1) is 5.92 Å². The van der Waals surface area contributed by atoms with Gasteiger partial charge in [0.05, 0.1) is 13.2 Å². The fourth-order valence-corrected chi connectivity index (χ4v) is 3.81. The Labute approximate surface area is 192 Å². The van der Waals surface area contributed by atoms with Crippen LogP contribution in [0.5, 0.6) is 5.75 Å². The minimum atomic E-state index is -0.731. The predicted molar refractivity (Wildman–Crippen MR) is 128 cm³/mol. The minimum absolute atomic E-state index is 0.00756. The third-order valence-corrected chi connectivity index (χ3v) is 5.50. The molecule has 2 unspecified atom stereocenters. The van der Waals surface area contributed by atoms with Crippen LogP contribution in [-0.2, 0) is 9.59 Å². The molecule has 0 spiro atoms. The third kappa shape index (κ3) is 7.38. The van der Waals surface area contributed by atoms with E-state index in [2.05, 4.69) is 35.4 Å². The van der Waals surface area contributed by atoms with Crippen molar-refractivity contribution in [2.45, 2.75) is 46.2 Å². The van der Waals surface area contributed by atoms with Gasteiger partial charge in [-0.25, -0.2) is 0 Å². The van der Waals surface area contributed by atoms with Crippen molar-refractivity contribution in [3.63, 3.8) is 0 Å². The van der Waals surface area contributed by atoms with Gasteiger partial charge in [0.15, 0.2) is 0 Å². The van der Waals surface area contributed by atoms with E-state index in [1.54, 1.807) is 7.11 Å². The molecule has 2 aromatic rings. The molecule has 0 bridgehead atoms. The van der Waals surface area contributed by atoms with E-state index in [9.17, 15) is 9.59 Å². The molecule has 6 nitrogen and oxygen atoms in total. The first-order valence-corrected chi connectivity index (χ1v) is 11.4. The van der Waals surface area contributed by atoms with Gasteiger partial charge >= 0.3 is 0 Å². The second-order valence-corrected chi connectivity index (χ2v) is 8.27. The van der Waals surface area contributed by atoms with Gasteiger partial charge in [0, 0.05) is 13.0 Å². The summed E-state index contributed by atoms with van der Waals surface area (Å²) in [7, 11) is 1.65. The van der Waals surface area contributed by atoms with E-state index in [4.69, 9.17) is 4.74 Å². The van der Waals surface area contributed by atoms with Crippen LogP contribution in [0.4, 0.5) is 0 Å². The van der Waals surface area contributed by atoms with Gasteiger partial charge in [-0.15, -0.1) is 0 Å². The van der Waals surface area contributed by atoms with Crippen LogP contribution >= 0.6 is 0 Å². The largest absolute Gasteiger partial charge is 0.497 e. The number of carbonyl (C=O) groups is 2. The van der Waals surface area contributed by atoms with Crippen LogP contribution in [0.15, 0.2) is 54.6 Å². The summed E-state index contributed by atoms with van der Waals surface area (Å²) in [6.45, 7) is 10.3. The molecular weight excluding hydrogens is 402 g/mol. The van der Waals surface area contributed by atoms with Crippen LogP contribution < -0.4 is 15.4 Å². The third-order valence-electron chi connectivity index (χ3n) is 5.50. The molecule has 0 saturated heterocycles. The second kappa shape index (κ2) is 12.9. The number of hydrogen-bond acceptors (Lipinski definition) is 4. The highest BCUT2D eigenvalue weighted by atomic mass is 16.5. The summed E-state index contributed by atoms with van der Waals surface area (Å²) in [6, 6.07) is 16.6. The summed E-state index contributed by atoms with van der Waals surface area (Å²) in [5.74, 6) is 0.661. The van der Waals surface area contributed by atoms with Crippen molar-refractivity contribution in [1.82, 2.24) is 15.5 Å². The first-order chi connectivity index (χ1) is 15.4. The summed E-state index contributed by atoms with van der Waals surface area (Å²) in [5.41, 5.74) is 1.84. The van der Waals surface area contributed by atoms with E-state index in [0.717, 1.165) is 30.0 Å². The summed E-state index contributed by atoms with van der Waals surface area (Å²) in [5, 5.41) is 6.01. The maximum Gasteiger partial charge on any atom is 0.247 e. The zero-order chi connectivity index (χ0) is 23.5. The van der Waals surface area contributed by atoms with Gasteiger partial charge in [-0.3, -0.25) is 14.5 Å². The van der Waals surface area contributed by atoms with Gasteiger partial charge in [-0.2, -0.15) is 0 Å². The van der Waals surface area contributed by atoms with Crippen molar-refractivity contribution in [1.29, 1.82) is 0 Å². The van der Waals surface area contributed by atoms with E-state index in [1.165, 1.54) is 0 Å². The molecule has 2 aromatic carbocycles. The highest BCUT2D eigenvalue weighted by Gasteiger charge is 2.25. The topological polar surface area (TPSA) is 70.7 Å². The quantitative estimate of drug-likeness (QED) is 0.522. The van der Waals surface area contributed by atoms with E-state index in [0.29, 0.717) is 13.0 Å². The number of hydrogen-bond donors (Lipinski definition) is 2. The van der Waals surface area contributed by atoms with Crippen molar-refractivity contribution < 1.29 is 14.3 Å².